The van der Waals surface area contributed by atoms with Gasteiger partial charge in [0.15, 0.2) is 9.60 Å². The number of fused-ring (bicyclic) bond motifs is 2. The molecule has 2 amide bonds. The maximum Gasteiger partial charge on any atom is 0.248 e. The molecule has 0 saturated carbocycles. The van der Waals surface area contributed by atoms with E-state index in [1.54, 1.807) is 68.5 Å². The van der Waals surface area contributed by atoms with Crippen LogP contribution in [0.15, 0.2) is 133 Å². The SMILES string of the molecule is CB=S.COC(c1cccc(-n2cccn2)c1)c1cnc(Cl)s1.COC(c1cccc(N=CC=CN)c1)c1cnc(N2CCc3ccc(C(N)=O)cc3C2)s1.NC(=O)c1ccc2c(c1)CNCC2. The molecule has 0 radical (unpaired) electrons. The van der Waals surface area contributed by atoms with Gasteiger partial charge in [0.2, 0.25) is 11.8 Å². The molecule has 7 aromatic rings. The van der Waals surface area contributed by atoms with E-state index in [2.05, 4.69) is 48.4 Å². The molecule has 14 nitrogen and oxygen atoms in total. The first kappa shape index (κ1) is 51.2. The Morgan fingerprint density at radius 3 is 2.13 bits per heavy atom. The average Bonchev–Trinajstić information content (AvgIpc) is 4.17. The molecule has 3 aromatic heterocycles. The van der Waals surface area contributed by atoms with Gasteiger partial charge < -0.3 is 36.9 Å². The molecule has 19 heteroatoms. The summed E-state index contributed by atoms with van der Waals surface area (Å²) >= 11 is 13.2. The van der Waals surface area contributed by atoms with Crippen molar-refractivity contribution in [3.05, 3.63) is 187 Å². The Labute approximate surface area is 415 Å². The van der Waals surface area contributed by atoms with Gasteiger partial charge >= 0.3 is 25.0 Å². The first-order valence-corrected chi connectivity index (χ1v) is 24.0. The van der Waals surface area contributed by atoms with Crippen LogP contribution < -0.4 is 27.4 Å². The predicted molar refractivity (Wildman–Crippen MR) is 278 cm³/mol. The molecule has 2 unspecified atom stereocenters. The topological polar surface area (TPSA) is 202 Å². The molecule has 2 aliphatic rings. The van der Waals surface area contributed by atoms with Crippen molar-refractivity contribution in [1.82, 2.24) is 25.1 Å². The van der Waals surface area contributed by atoms with E-state index in [1.807, 2.05) is 96.7 Å². The summed E-state index contributed by atoms with van der Waals surface area (Å²) in [5, 5.41) is 8.42. The number of nitrogens with zero attached hydrogens (tertiary/aromatic N) is 6. The number of carbonyl (C=O) groups excluding carboxylic acids is 2. The fourth-order valence-corrected chi connectivity index (χ4v) is 9.58. The van der Waals surface area contributed by atoms with E-state index in [0.717, 1.165) is 75.4 Å². The summed E-state index contributed by atoms with van der Waals surface area (Å²) in [6.45, 7) is 5.24. The summed E-state index contributed by atoms with van der Waals surface area (Å²) in [6.07, 6.45) is 15.2. The maximum atomic E-state index is 11.5. The minimum Gasteiger partial charge on any atom is -0.405 e. The van der Waals surface area contributed by atoms with E-state index in [4.69, 9.17) is 38.3 Å². The van der Waals surface area contributed by atoms with Crippen molar-refractivity contribution in [2.24, 2.45) is 22.2 Å². The number of carbonyl (C=O) groups is 2. The van der Waals surface area contributed by atoms with Crippen LogP contribution in [-0.2, 0) is 35.4 Å². The zero-order chi connectivity index (χ0) is 48.4. The molecule has 350 valence electrons. The zero-order valence-electron chi connectivity index (χ0n) is 37.8. The number of thiazole rings is 2. The van der Waals surface area contributed by atoms with E-state index in [-0.39, 0.29) is 18.1 Å². The van der Waals surface area contributed by atoms with Gasteiger partial charge in [0.25, 0.3) is 0 Å². The Morgan fingerprint density at radius 2 is 1.50 bits per heavy atom. The molecule has 9 rings (SSSR count). The number of halogens is 1. The second-order valence-electron chi connectivity index (χ2n) is 15.1. The van der Waals surface area contributed by atoms with Gasteiger partial charge in [-0.2, -0.15) is 5.10 Å². The summed E-state index contributed by atoms with van der Waals surface area (Å²) in [6, 6.07) is 29.2. The Kier molecular flexibility index (Phi) is 19.4. The molecular weight excluding hydrogens is 935 g/mol. The molecule has 68 heavy (non-hydrogen) atoms. The van der Waals surface area contributed by atoms with Crippen LogP contribution in [0.3, 0.4) is 0 Å². The van der Waals surface area contributed by atoms with Crippen LogP contribution in [0.4, 0.5) is 10.8 Å². The fourth-order valence-electron chi connectivity index (χ4n) is 7.47. The molecule has 5 heterocycles. The first-order valence-electron chi connectivity index (χ1n) is 21.5. The molecule has 0 aliphatic carbocycles. The summed E-state index contributed by atoms with van der Waals surface area (Å²) in [4.78, 5) is 39.8. The largest absolute Gasteiger partial charge is 0.405 e. The Hall–Kier alpha value is -6.25. The average molecular weight is 987 g/mol. The van der Waals surface area contributed by atoms with E-state index in [9.17, 15) is 9.59 Å². The smallest absolute Gasteiger partial charge is 0.248 e. The number of allylic oxidation sites excluding steroid dienone is 1. The first-order chi connectivity index (χ1) is 33.0. The second kappa shape index (κ2) is 25.8. The number of benzene rings is 4. The van der Waals surface area contributed by atoms with E-state index in [0.29, 0.717) is 22.1 Å². The van der Waals surface area contributed by atoms with Crippen molar-refractivity contribution >= 4 is 81.3 Å². The third kappa shape index (κ3) is 13.9. The fraction of sp³-hybridized carbons (Fsp3) is 0.224. The minimum atomic E-state index is -0.407. The third-order valence-electron chi connectivity index (χ3n) is 10.7. The van der Waals surface area contributed by atoms with Crippen molar-refractivity contribution in [2.45, 2.75) is 45.0 Å². The number of hydrogen-bond acceptors (Lipinski definition) is 14. The number of nitrogens with two attached hydrogens (primary N) is 3. The number of aromatic nitrogens is 4. The van der Waals surface area contributed by atoms with Gasteiger partial charge in [-0.05, 0) is 120 Å². The number of methoxy groups -OCH3 is 2. The number of hydrogen-bond donors (Lipinski definition) is 4. The summed E-state index contributed by atoms with van der Waals surface area (Å²) in [5.41, 5.74) is 25.9. The van der Waals surface area contributed by atoms with Crippen molar-refractivity contribution in [3.8, 4) is 5.69 Å². The number of amides is 2. The van der Waals surface area contributed by atoms with Crippen molar-refractivity contribution in [1.29, 1.82) is 0 Å². The molecular formula is C49H52BClN10O4S3. The number of rotatable bonds is 12. The van der Waals surface area contributed by atoms with Crippen LogP contribution >= 0.6 is 46.3 Å². The van der Waals surface area contributed by atoms with Crippen molar-refractivity contribution in [3.63, 3.8) is 0 Å². The predicted octanol–water partition coefficient (Wildman–Crippen LogP) is 8.72. The molecule has 7 N–H and O–H groups in total. The van der Waals surface area contributed by atoms with Crippen molar-refractivity contribution in [2.75, 3.05) is 32.2 Å². The normalized spacial score (nSPS) is 13.6. The van der Waals surface area contributed by atoms with E-state index < -0.39 is 5.91 Å². The van der Waals surface area contributed by atoms with Gasteiger partial charge in [-0.1, -0.05) is 59.3 Å². The zero-order valence-corrected chi connectivity index (χ0v) is 41.0. The van der Waals surface area contributed by atoms with Crippen LogP contribution in [0.5, 0.6) is 0 Å². The van der Waals surface area contributed by atoms with E-state index in [1.165, 1.54) is 34.2 Å². The number of nitrogens with one attached hydrogen (secondary N) is 1. The minimum absolute atomic E-state index is 0.171. The van der Waals surface area contributed by atoms with Gasteiger partial charge in [0.05, 0.1) is 21.1 Å². The summed E-state index contributed by atoms with van der Waals surface area (Å²) < 4.78 is 13.7. The molecule has 0 bridgehead atoms. The van der Waals surface area contributed by atoms with Crippen molar-refractivity contribution < 1.29 is 19.1 Å². The van der Waals surface area contributed by atoms with Crippen LogP contribution in [0, 0.1) is 0 Å². The van der Waals surface area contributed by atoms with Gasteiger partial charge in [-0.15, -0.1) is 11.3 Å². The summed E-state index contributed by atoms with van der Waals surface area (Å²) in [7, 11) is 3.37. The van der Waals surface area contributed by atoms with Gasteiger partial charge in [0, 0.05) is 76.0 Å². The molecule has 0 spiro atoms. The quantitative estimate of drug-likeness (QED) is 0.0674. The van der Waals surface area contributed by atoms with Crippen LogP contribution in [-0.4, -0.2) is 71.2 Å². The van der Waals surface area contributed by atoms with Gasteiger partial charge in [-0.25, -0.2) is 14.6 Å². The maximum absolute atomic E-state index is 11.5. The van der Waals surface area contributed by atoms with Crippen LogP contribution in [0.25, 0.3) is 5.69 Å². The Balaban J connectivity index is 0.000000179. The Bertz CT molecular complexity index is 2840. The number of ether oxygens (including phenoxy) is 2. The summed E-state index contributed by atoms with van der Waals surface area (Å²) in [5.74, 6) is -0.761. The number of primary amides is 2. The third-order valence-corrected chi connectivity index (χ3v) is 12.9. The molecule has 0 saturated heterocycles. The second-order valence-corrected chi connectivity index (χ2v) is 18.3. The number of aliphatic imine (C=N–C) groups is 1. The number of anilines is 1. The molecule has 0 fully saturated rings. The van der Waals surface area contributed by atoms with E-state index >= 15 is 0 Å². The van der Waals surface area contributed by atoms with Crippen LogP contribution in [0.1, 0.15) is 76.1 Å². The molecule has 4 aromatic carbocycles. The van der Waals surface area contributed by atoms with Gasteiger partial charge in [-0.3, -0.25) is 14.6 Å². The van der Waals surface area contributed by atoms with Gasteiger partial charge in [0.1, 0.15) is 12.2 Å². The molecule has 2 aliphatic heterocycles. The molecule has 2 atom stereocenters. The Morgan fingerprint density at radius 1 is 0.853 bits per heavy atom. The standard InChI is InChI=1S/C24H25N5O2S.C14H12ClN3OS.C10H12N2O.CH3BS/c1-31-22(17-4-2-5-20(13-17)27-10-3-9-25)21-14-28-24(32-21)29-11-8-16-6-7-18(23(26)30)12-19(16)15-29;1-19-13(12-9-16-14(15)20-12)10-4-2-5-11(8-10)18-7-3-6-17-18;11-10(13)8-2-1-7-3-4-12-6-9(7)5-8;1-2-3/h2-7,9-10,12-14,22H,8,11,15,25H2,1H3,(H2,26,30);2-9,13H,1H3;1-2,5,12H,3-4,6H2,(H2,11,13);1H3. The van der Waals surface area contributed by atoms with Crippen LogP contribution in [0.2, 0.25) is 11.3 Å². The monoisotopic (exact) mass is 986 g/mol.